The van der Waals surface area contributed by atoms with Crippen LogP contribution >= 0.6 is 0 Å². The van der Waals surface area contributed by atoms with Crippen molar-refractivity contribution in [3.05, 3.63) is 59.7 Å². The molecule has 0 aliphatic heterocycles. The van der Waals surface area contributed by atoms with Crippen molar-refractivity contribution in [2.75, 3.05) is 13.1 Å². The first-order valence-electron chi connectivity index (χ1n) is 6.43. The zero-order valence-electron chi connectivity index (χ0n) is 12.3. The fourth-order valence-electron chi connectivity index (χ4n) is 1.16. The first kappa shape index (κ1) is 23.1. The molecule has 2 rings (SSSR count). The molecule has 0 unspecified atom stereocenters. The van der Waals surface area contributed by atoms with Crippen LogP contribution in [0, 0.1) is 0 Å². The third kappa shape index (κ3) is 10.2. The molecule has 7 heteroatoms. The Morgan fingerprint density at radius 2 is 1.04 bits per heavy atom. The number of carbonyl (C=O) groups excluding carboxylic acids is 2. The smallest absolute Gasteiger partial charge is 0.872 e. The summed E-state index contributed by atoms with van der Waals surface area (Å²) >= 11 is 0. The van der Waals surface area contributed by atoms with Gasteiger partial charge in [0.15, 0.2) is 0 Å². The molecule has 2 aromatic carbocycles. The predicted molar refractivity (Wildman–Crippen MR) is 80.7 cm³/mol. The Morgan fingerprint density at radius 1 is 0.739 bits per heavy atom. The molecule has 0 aliphatic rings. The number of hydrogen-bond acceptors (Lipinski definition) is 6. The van der Waals surface area contributed by atoms with E-state index < -0.39 is 0 Å². The summed E-state index contributed by atoms with van der Waals surface area (Å²) in [6, 6.07) is 12.2. The quantitative estimate of drug-likeness (QED) is 0.586. The van der Waals surface area contributed by atoms with Gasteiger partial charge in [-0.3, -0.25) is 9.59 Å². The van der Waals surface area contributed by atoms with E-state index in [4.69, 9.17) is 11.5 Å². The van der Waals surface area contributed by atoms with Crippen LogP contribution in [0.2, 0.25) is 0 Å². The molecule has 0 aromatic heterocycles. The fourth-order valence-corrected chi connectivity index (χ4v) is 1.16. The van der Waals surface area contributed by atoms with Gasteiger partial charge in [-0.25, -0.2) is 0 Å². The Hall–Kier alpha value is -2.21. The van der Waals surface area contributed by atoms with Crippen LogP contribution < -0.4 is 21.7 Å². The summed E-state index contributed by atoms with van der Waals surface area (Å²) in [7, 11) is 0. The Morgan fingerprint density at radius 3 is 1.22 bits per heavy atom. The van der Waals surface area contributed by atoms with Crippen molar-refractivity contribution >= 4 is 12.6 Å². The second-order valence-electron chi connectivity index (χ2n) is 3.89. The average molecular weight is 361 g/mol. The van der Waals surface area contributed by atoms with E-state index in [0.717, 1.165) is 0 Å². The SMILES string of the molecule is NCCN.O=Cc1ccccc1[O-].O=Cc1ccccc1[O-].[Ni+2]. The molecule has 0 saturated carbocycles. The molecule has 2 aromatic rings. The van der Waals surface area contributed by atoms with Gasteiger partial charge in [0.05, 0.1) is 0 Å². The number of nitrogens with two attached hydrogens (primary N) is 2. The Balaban J connectivity index is 0. The second kappa shape index (κ2) is 14.7. The number of aldehydes is 2. The third-order valence-corrected chi connectivity index (χ3v) is 2.26. The molecule has 126 valence electrons. The van der Waals surface area contributed by atoms with E-state index in [1.54, 1.807) is 24.3 Å². The first-order chi connectivity index (χ1) is 10.6. The molecule has 0 radical (unpaired) electrons. The summed E-state index contributed by atoms with van der Waals surface area (Å²) in [5.74, 6) is -0.431. The van der Waals surface area contributed by atoms with Gasteiger partial charge in [0.1, 0.15) is 12.6 Å². The van der Waals surface area contributed by atoms with Crippen molar-refractivity contribution in [2.24, 2.45) is 11.5 Å². The summed E-state index contributed by atoms with van der Waals surface area (Å²) < 4.78 is 0. The summed E-state index contributed by atoms with van der Waals surface area (Å²) in [5, 5.41) is 21.2. The molecule has 0 saturated heterocycles. The van der Waals surface area contributed by atoms with Crippen LogP contribution in [0.5, 0.6) is 11.5 Å². The van der Waals surface area contributed by atoms with Crippen molar-refractivity contribution in [2.45, 2.75) is 0 Å². The van der Waals surface area contributed by atoms with Crippen LogP contribution in [0.4, 0.5) is 0 Å². The molecule has 4 N–H and O–H groups in total. The molecule has 23 heavy (non-hydrogen) atoms. The number of carbonyl (C=O) groups is 2. The largest absolute Gasteiger partial charge is 2.00 e. The third-order valence-electron chi connectivity index (χ3n) is 2.26. The number of para-hydroxylation sites is 2. The van der Waals surface area contributed by atoms with Crippen molar-refractivity contribution in [1.29, 1.82) is 0 Å². The average Bonchev–Trinajstić information content (AvgIpc) is 2.56. The number of benzene rings is 2. The van der Waals surface area contributed by atoms with E-state index >= 15 is 0 Å². The molecule has 0 aliphatic carbocycles. The summed E-state index contributed by atoms with van der Waals surface area (Å²) in [6.45, 7) is 1.19. The number of hydrogen-bond donors (Lipinski definition) is 2. The monoisotopic (exact) mass is 360 g/mol. The Kier molecular flexibility index (Phi) is 14.8. The van der Waals surface area contributed by atoms with E-state index in [1.165, 1.54) is 24.3 Å². The van der Waals surface area contributed by atoms with Crippen molar-refractivity contribution in [3.63, 3.8) is 0 Å². The molecule has 0 spiro atoms. The van der Waals surface area contributed by atoms with E-state index in [-0.39, 0.29) is 39.1 Å². The van der Waals surface area contributed by atoms with Crippen LogP contribution in [0.25, 0.3) is 0 Å². The fraction of sp³-hybridized carbons (Fsp3) is 0.125. The van der Waals surface area contributed by atoms with Crippen LogP contribution in [-0.2, 0) is 16.5 Å². The Labute approximate surface area is 145 Å². The molecular formula is C16H18N2NiO4. The topological polar surface area (TPSA) is 132 Å². The minimum atomic E-state index is -0.215. The van der Waals surface area contributed by atoms with Gasteiger partial charge in [-0.15, -0.1) is 0 Å². The van der Waals surface area contributed by atoms with E-state index in [9.17, 15) is 19.8 Å². The molecule has 0 bridgehead atoms. The standard InChI is InChI=1S/2C7H6O2.C2H8N2.Ni/c2*8-5-6-3-1-2-4-7(6)9;3-1-2-4;/h2*1-5,9H;1-4H2;/q;;;+2/p-2. The molecule has 0 atom stereocenters. The van der Waals surface area contributed by atoms with Crippen LogP contribution in [0.3, 0.4) is 0 Å². The normalized spacial score (nSPS) is 8.26. The molecule has 0 heterocycles. The molecule has 0 amide bonds. The van der Waals surface area contributed by atoms with Crippen molar-refractivity contribution < 1.29 is 36.3 Å². The van der Waals surface area contributed by atoms with Gasteiger partial charge in [0.2, 0.25) is 0 Å². The van der Waals surface area contributed by atoms with Crippen LogP contribution in [0.1, 0.15) is 20.7 Å². The van der Waals surface area contributed by atoms with Gasteiger partial charge < -0.3 is 21.7 Å². The minimum absolute atomic E-state index is 0. The van der Waals surface area contributed by atoms with Crippen molar-refractivity contribution in [1.82, 2.24) is 0 Å². The predicted octanol–water partition coefficient (Wildman–Crippen LogP) is 0.0467. The Bertz CT molecular complexity index is 528. The molecule has 0 fully saturated rings. The van der Waals surface area contributed by atoms with Gasteiger partial charge in [-0.1, -0.05) is 60.0 Å². The second-order valence-corrected chi connectivity index (χ2v) is 3.89. The maximum Gasteiger partial charge on any atom is 2.00 e. The first-order valence-corrected chi connectivity index (χ1v) is 6.43. The van der Waals surface area contributed by atoms with Crippen LogP contribution in [0.15, 0.2) is 48.5 Å². The van der Waals surface area contributed by atoms with Crippen molar-refractivity contribution in [3.8, 4) is 11.5 Å². The minimum Gasteiger partial charge on any atom is -0.872 e. The van der Waals surface area contributed by atoms with Gasteiger partial charge in [-0.05, 0) is 0 Å². The maximum atomic E-state index is 10.6. The maximum absolute atomic E-state index is 10.6. The summed E-state index contributed by atoms with van der Waals surface area (Å²) in [6.07, 6.45) is 1.12. The zero-order chi connectivity index (χ0) is 16.8. The van der Waals surface area contributed by atoms with E-state index in [0.29, 0.717) is 25.7 Å². The van der Waals surface area contributed by atoms with Gasteiger partial charge in [0, 0.05) is 24.2 Å². The van der Waals surface area contributed by atoms with Gasteiger partial charge in [-0.2, -0.15) is 0 Å². The molecular weight excluding hydrogens is 343 g/mol. The summed E-state index contributed by atoms with van der Waals surface area (Å²) in [5.41, 5.74) is 10.2. The number of rotatable bonds is 3. The summed E-state index contributed by atoms with van der Waals surface area (Å²) in [4.78, 5) is 20.1. The zero-order valence-corrected chi connectivity index (χ0v) is 13.3. The van der Waals surface area contributed by atoms with E-state index in [1.807, 2.05) is 0 Å². The van der Waals surface area contributed by atoms with E-state index in [2.05, 4.69) is 0 Å². The van der Waals surface area contributed by atoms with Gasteiger partial charge in [0.25, 0.3) is 0 Å². The van der Waals surface area contributed by atoms with Crippen LogP contribution in [-0.4, -0.2) is 25.7 Å². The van der Waals surface area contributed by atoms with Gasteiger partial charge >= 0.3 is 16.5 Å². The molecule has 6 nitrogen and oxygen atoms in total.